The van der Waals surface area contributed by atoms with Crippen LogP contribution in [0.5, 0.6) is 0 Å². The fourth-order valence-corrected chi connectivity index (χ4v) is 4.38. The molecule has 2 aliphatic rings. The molecular weight excluding hydrogens is 312 g/mol. The van der Waals surface area contributed by atoms with Crippen molar-refractivity contribution < 1.29 is 13.2 Å². The van der Waals surface area contributed by atoms with Gasteiger partial charge < -0.3 is 9.80 Å². The zero-order valence-electron chi connectivity index (χ0n) is 13.4. The number of carbonyl (C=O) groups excluding carboxylic acids is 1. The number of piperidine rings is 1. The molecule has 0 aliphatic carbocycles. The first kappa shape index (κ1) is 16.2. The Hall–Kier alpha value is -1.66. The van der Waals surface area contributed by atoms with E-state index < -0.39 is 9.84 Å². The van der Waals surface area contributed by atoms with Gasteiger partial charge >= 0.3 is 0 Å². The molecule has 0 aromatic heterocycles. The van der Waals surface area contributed by atoms with Gasteiger partial charge in [0.1, 0.15) is 0 Å². The lowest BCUT2D eigenvalue weighted by Gasteiger charge is -2.28. The van der Waals surface area contributed by atoms with Crippen molar-refractivity contribution in [2.45, 2.75) is 24.2 Å². The molecule has 2 heterocycles. The van der Waals surface area contributed by atoms with E-state index in [-0.39, 0.29) is 10.8 Å². The van der Waals surface area contributed by atoms with Crippen molar-refractivity contribution in [1.29, 1.82) is 0 Å². The van der Waals surface area contributed by atoms with E-state index >= 15 is 0 Å². The predicted molar refractivity (Wildman–Crippen MR) is 89.9 cm³/mol. The third-order valence-electron chi connectivity index (χ3n) is 4.56. The third kappa shape index (κ3) is 3.33. The SMILES string of the molecule is CN(CCN1CCCCC1)C(=O)c1cccc2c1C=CS2(=O)=O. The summed E-state index contributed by atoms with van der Waals surface area (Å²) in [7, 11) is -1.60. The van der Waals surface area contributed by atoms with Crippen LogP contribution < -0.4 is 0 Å². The highest BCUT2D eigenvalue weighted by Gasteiger charge is 2.26. The van der Waals surface area contributed by atoms with E-state index in [4.69, 9.17) is 0 Å². The summed E-state index contributed by atoms with van der Waals surface area (Å²) < 4.78 is 23.8. The molecule has 1 aromatic rings. The van der Waals surface area contributed by atoms with Crippen LogP contribution in [0.2, 0.25) is 0 Å². The number of likely N-dealkylation sites (N-methyl/N-ethyl adjacent to an activating group) is 1. The van der Waals surface area contributed by atoms with Gasteiger partial charge in [0.05, 0.1) is 4.90 Å². The average Bonchev–Trinajstić information content (AvgIpc) is 2.88. The van der Waals surface area contributed by atoms with Gasteiger partial charge in [0.25, 0.3) is 5.91 Å². The number of hydrogen-bond acceptors (Lipinski definition) is 4. The second-order valence-electron chi connectivity index (χ2n) is 6.19. The smallest absolute Gasteiger partial charge is 0.254 e. The third-order valence-corrected chi connectivity index (χ3v) is 6.03. The average molecular weight is 334 g/mol. The lowest BCUT2D eigenvalue weighted by molar-refractivity contribution is 0.0772. The maximum absolute atomic E-state index is 12.7. The van der Waals surface area contributed by atoms with Crippen molar-refractivity contribution in [1.82, 2.24) is 9.80 Å². The molecule has 3 rings (SSSR count). The zero-order valence-corrected chi connectivity index (χ0v) is 14.2. The molecule has 0 N–H and O–H groups in total. The minimum atomic E-state index is -3.38. The number of benzene rings is 1. The van der Waals surface area contributed by atoms with Crippen molar-refractivity contribution >= 4 is 21.8 Å². The molecule has 1 saturated heterocycles. The van der Waals surface area contributed by atoms with Crippen molar-refractivity contribution in [3.63, 3.8) is 0 Å². The first-order valence-corrected chi connectivity index (χ1v) is 9.58. The normalized spacial score (nSPS) is 19.5. The number of fused-ring (bicyclic) bond motifs is 1. The van der Waals surface area contributed by atoms with Crippen molar-refractivity contribution in [3.8, 4) is 0 Å². The van der Waals surface area contributed by atoms with Gasteiger partial charge in [0.15, 0.2) is 9.84 Å². The maximum atomic E-state index is 12.7. The van der Waals surface area contributed by atoms with Crippen molar-refractivity contribution in [3.05, 3.63) is 34.7 Å². The van der Waals surface area contributed by atoms with Crippen LogP contribution in [-0.2, 0) is 9.84 Å². The Balaban J connectivity index is 1.71. The topological polar surface area (TPSA) is 57.7 Å². The van der Waals surface area contributed by atoms with E-state index in [0.717, 1.165) is 19.6 Å². The number of hydrogen-bond donors (Lipinski definition) is 0. The van der Waals surface area contributed by atoms with Crippen LogP contribution in [0.3, 0.4) is 0 Å². The molecule has 23 heavy (non-hydrogen) atoms. The molecule has 0 saturated carbocycles. The molecule has 0 atom stereocenters. The molecule has 0 unspecified atom stereocenters. The van der Waals surface area contributed by atoms with Crippen LogP contribution >= 0.6 is 0 Å². The van der Waals surface area contributed by atoms with Gasteiger partial charge in [-0.05, 0) is 44.1 Å². The standard InChI is InChI=1S/C17H22N2O3S/c1-18(11-12-19-9-3-2-4-10-19)17(20)15-6-5-7-16-14(15)8-13-23(16,21)22/h5-8,13H,2-4,9-12H2,1H3. The highest BCUT2D eigenvalue weighted by molar-refractivity contribution is 7.94. The molecule has 5 nitrogen and oxygen atoms in total. The Morgan fingerprint density at radius 3 is 2.70 bits per heavy atom. The lowest BCUT2D eigenvalue weighted by Crippen LogP contribution is -2.38. The number of likely N-dealkylation sites (tertiary alicyclic amines) is 1. The molecule has 6 heteroatoms. The summed E-state index contributed by atoms with van der Waals surface area (Å²) in [5, 5.41) is 1.17. The Bertz CT molecular complexity index is 734. The summed E-state index contributed by atoms with van der Waals surface area (Å²) >= 11 is 0. The molecule has 1 amide bonds. The second-order valence-corrected chi connectivity index (χ2v) is 8.00. The van der Waals surface area contributed by atoms with Crippen molar-refractivity contribution in [2.75, 3.05) is 33.2 Å². The first-order valence-electron chi connectivity index (χ1n) is 8.03. The van der Waals surface area contributed by atoms with E-state index in [2.05, 4.69) is 4.90 Å². The van der Waals surface area contributed by atoms with Gasteiger partial charge in [-0.3, -0.25) is 4.79 Å². The molecular formula is C17H22N2O3S. The monoisotopic (exact) mass is 334 g/mol. The summed E-state index contributed by atoms with van der Waals surface area (Å²) in [4.78, 5) is 17.0. The summed E-state index contributed by atoms with van der Waals surface area (Å²) in [5.41, 5.74) is 0.975. The Morgan fingerprint density at radius 1 is 1.22 bits per heavy atom. The quantitative estimate of drug-likeness (QED) is 0.845. The molecule has 2 aliphatic heterocycles. The lowest BCUT2D eigenvalue weighted by atomic mass is 10.1. The second kappa shape index (κ2) is 6.45. The number of amides is 1. The van der Waals surface area contributed by atoms with E-state index in [0.29, 0.717) is 17.7 Å². The molecule has 0 spiro atoms. The highest BCUT2D eigenvalue weighted by atomic mass is 32.2. The molecule has 124 valence electrons. The van der Waals surface area contributed by atoms with E-state index in [1.54, 1.807) is 30.1 Å². The zero-order chi connectivity index (χ0) is 16.4. The van der Waals surface area contributed by atoms with Gasteiger partial charge in [0.2, 0.25) is 0 Å². The first-order chi connectivity index (χ1) is 11.0. The molecule has 1 fully saturated rings. The van der Waals surface area contributed by atoms with Crippen LogP contribution in [0, 0.1) is 0 Å². The van der Waals surface area contributed by atoms with Crippen LogP contribution in [0.1, 0.15) is 35.2 Å². The highest BCUT2D eigenvalue weighted by Crippen LogP contribution is 2.29. The van der Waals surface area contributed by atoms with Crippen molar-refractivity contribution in [2.24, 2.45) is 0 Å². The predicted octanol–water partition coefficient (Wildman–Crippen LogP) is 2.00. The van der Waals surface area contributed by atoms with Gasteiger partial charge in [-0.2, -0.15) is 0 Å². The van der Waals surface area contributed by atoms with Crippen LogP contribution in [-0.4, -0.2) is 57.4 Å². The molecule has 0 radical (unpaired) electrons. The largest absolute Gasteiger partial charge is 0.340 e. The number of sulfone groups is 1. The van der Waals surface area contributed by atoms with Gasteiger partial charge in [-0.25, -0.2) is 8.42 Å². The van der Waals surface area contributed by atoms with Gasteiger partial charge in [0, 0.05) is 36.7 Å². The minimum absolute atomic E-state index is 0.124. The van der Waals surface area contributed by atoms with E-state index in [1.807, 2.05) is 0 Å². The Labute approximate surface area is 137 Å². The Morgan fingerprint density at radius 2 is 1.96 bits per heavy atom. The van der Waals surface area contributed by atoms with Crippen LogP contribution in [0.4, 0.5) is 0 Å². The molecule has 0 bridgehead atoms. The fraction of sp³-hybridized carbons (Fsp3) is 0.471. The van der Waals surface area contributed by atoms with E-state index in [9.17, 15) is 13.2 Å². The number of rotatable bonds is 4. The van der Waals surface area contributed by atoms with Gasteiger partial charge in [-0.1, -0.05) is 12.5 Å². The summed E-state index contributed by atoms with van der Waals surface area (Å²) in [6, 6.07) is 4.88. The number of nitrogens with zero attached hydrogens (tertiary/aromatic N) is 2. The Kier molecular flexibility index (Phi) is 4.55. The number of carbonyl (C=O) groups is 1. The van der Waals surface area contributed by atoms with E-state index in [1.165, 1.54) is 30.7 Å². The molecule has 1 aromatic carbocycles. The fourth-order valence-electron chi connectivity index (χ4n) is 3.16. The van der Waals surface area contributed by atoms with Crippen LogP contribution in [0.25, 0.3) is 6.08 Å². The maximum Gasteiger partial charge on any atom is 0.254 e. The summed E-state index contributed by atoms with van der Waals surface area (Å²) in [6.07, 6.45) is 5.28. The summed E-state index contributed by atoms with van der Waals surface area (Å²) in [6.45, 7) is 3.72. The van der Waals surface area contributed by atoms with Crippen LogP contribution in [0.15, 0.2) is 28.5 Å². The minimum Gasteiger partial charge on any atom is -0.340 e. The summed E-state index contributed by atoms with van der Waals surface area (Å²) in [5.74, 6) is -0.124. The van der Waals surface area contributed by atoms with Gasteiger partial charge in [-0.15, -0.1) is 0 Å².